The van der Waals surface area contributed by atoms with Gasteiger partial charge >= 0.3 is 0 Å². The second-order valence-corrected chi connectivity index (χ2v) is 11.4. The maximum absolute atomic E-state index is 13.5. The van der Waals surface area contributed by atoms with Gasteiger partial charge in [0.15, 0.2) is 5.65 Å². The molecule has 7 rings (SSSR count). The average Bonchev–Trinajstić information content (AvgIpc) is 3.76. The molecule has 2 fully saturated rings. The minimum absolute atomic E-state index is 0.0106. The van der Waals surface area contributed by atoms with Crippen LogP contribution in [-0.4, -0.2) is 80.8 Å². The smallest absolute Gasteiger partial charge is 0.257 e. The fourth-order valence-electron chi connectivity index (χ4n) is 6.19. The zero-order valence-corrected chi connectivity index (χ0v) is 24.3. The standard InChI is InChI=1S/C32H35N7O4/c1-37(16-20-7-4-3-5-8-20)29-14-27(35-31-24(15-34-39(29)31)32(41)36-26-10-11-28(26)42-2)25-17-38(21-13-22(18-40)43-19-21)30-23(25)9-6-12-33-30/h3-9,12,14-15,17,21-22,26,28,40H,10-11,13,16,18-19H2,1-2H3,(H,36,41)/t21-,22-,26-,28-/m1/s1. The van der Waals surface area contributed by atoms with Gasteiger partial charge in [0, 0.05) is 50.1 Å². The van der Waals surface area contributed by atoms with E-state index in [1.165, 1.54) is 0 Å². The Balaban J connectivity index is 1.34. The van der Waals surface area contributed by atoms with Crippen LogP contribution in [0, 0.1) is 0 Å². The van der Waals surface area contributed by atoms with Gasteiger partial charge in [-0.3, -0.25) is 4.79 Å². The van der Waals surface area contributed by atoms with E-state index in [0.29, 0.717) is 36.5 Å². The molecule has 0 unspecified atom stereocenters. The molecule has 2 aliphatic rings. The van der Waals surface area contributed by atoms with Crippen molar-refractivity contribution >= 4 is 28.4 Å². The fraction of sp³-hybridized carbons (Fsp3) is 0.375. The third-order valence-electron chi connectivity index (χ3n) is 8.70. The Bertz CT molecular complexity index is 1770. The summed E-state index contributed by atoms with van der Waals surface area (Å²) >= 11 is 0. The molecule has 1 saturated carbocycles. The van der Waals surface area contributed by atoms with Crippen LogP contribution in [0.5, 0.6) is 0 Å². The monoisotopic (exact) mass is 581 g/mol. The third kappa shape index (κ3) is 5.03. The molecule has 1 saturated heterocycles. The van der Waals surface area contributed by atoms with Crippen molar-refractivity contribution in [1.82, 2.24) is 29.5 Å². The first-order chi connectivity index (χ1) is 21.0. The van der Waals surface area contributed by atoms with Gasteiger partial charge in [-0.2, -0.15) is 9.61 Å². The van der Waals surface area contributed by atoms with Gasteiger partial charge in [-0.25, -0.2) is 9.97 Å². The third-order valence-corrected chi connectivity index (χ3v) is 8.70. The summed E-state index contributed by atoms with van der Waals surface area (Å²) in [5.41, 5.74) is 4.48. The summed E-state index contributed by atoms with van der Waals surface area (Å²) < 4.78 is 15.2. The number of aromatic nitrogens is 5. The molecule has 11 nitrogen and oxygen atoms in total. The van der Waals surface area contributed by atoms with Crippen LogP contribution in [0.1, 0.15) is 41.2 Å². The molecule has 43 heavy (non-hydrogen) atoms. The molecular weight excluding hydrogens is 546 g/mol. The molecule has 222 valence electrons. The van der Waals surface area contributed by atoms with Gasteiger partial charge in [0.05, 0.1) is 49.4 Å². The van der Waals surface area contributed by atoms with Crippen molar-refractivity contribution in [2.24, 2.45) is 0 Å². The van der Waals surface area contributed by atoms with Gasteiger partial charge in [0.25, 0.3) is 5.91 Å². The summed E-state index contributed by atoms with van der Waals surface area (Å²) in [6.45, 7) is 1.13. The molecule has 2 N–H and O–H groups in total. The van der Waals surface area contributed by atoms with Crippen molar-refractivity contribution in [3.05, 3.63) is 78.2 Å². The number of fused-ring (bicyclic) bond motifs is 2. The van der Waals surface area contributed by atoms with Crippen LogP contribution in [0.25, 0.3) is 27.9 Å². The number of benzene rings is 1. The molecule has 4 aromatic heterocycles. The normalized spacial score (nSPS) is 21.7. The minimum Gasteiger partial charge on any atom is -0.394 e. The van der Waals surface area contributed by atoms with Gasteiger partial charge in [0.2, 0.25) is 0 Å². The molecule has 1 aliphatic carbocycles. The molecule has 1 amide bonds. The number of nitrogens with one attached hydrogen (secondary N) is 1. The number of hydrogen-bond donors (Lipinski definition) is 2. The molecule has 0 bridgehead atoms. The van der Waals surface area contributed by atoms with E-state index in [9.17, 15) is 9.90 Å². The number of pyridine rings is 1. The zero-order chi connectivity index (χ0) is 29.5. The number of carbonyl (C=O) groups excluding carboxylic acids is 1. The van der Waals surface area contributed by atoms with Crippen molar-refractivity contribution in [3.8, 4) is 11.3 Å². The molecule has 5 aromatic rings. The maximum atomic E-state index is 13.5. The fourth-order valence-corrected chi connectivity index (χ4v) is 6.19. The number of nitrogens with zero attached hydrogens (tertiary/aromatic N) is 6. The number of ether oxygens (including phenoxy) is 2. The second-order valence-electron chi connectivity index (χ2n) is 11.4. The largest absolute Gasteiger partial charge is 0.394 e. The predicted octanol–water partition coefficient (Wildman–Crippen LogP) is 3.61. The molecule has 11 heteroatoms. The number of methoxy groups -OCH3 is 1. The quantitative estimate of drug-likeness (QED) is 0.271. The number of rotatable bonds is 9. The SMILES string of the molecule is CO[C@@H]1CC[C@H]1NC(=O)c1cnn2c(N(C)Cc3ccccc3)cc(-c3cn([C@H]4CO[C@@H](CO)C4)c4ncccc34)nc12. The lowest BCUT2D eigenvalue weighted by Crippen LogP contribution is -2.51. The van der Waals surface area contributed by atoms with Crippen molar-refractivity contribution in [3.63, 3.8) is 0 Å². The summed E-state index contributed by atoms with van der Waals surface area (Å²) in [6, 6.07) is 16.2. The molecule has 1 aromatic carbocycles. The molecular formula is C32H35N7O4. The summed E-state index contributed by atoms with van der Waals surface area (Å²) in [5, 5.41) is 18.4. The summed E-state index contributed by atoms with van der Waals surface area (Å²) in [6.07, 6.45) is 7.78. The lowest BCUT2D eigenvalue weighted by Gasteiger charge is -2.35. The van der Waals surface area contributed by atoms with Crippen molar-refractivity contribution in [2.45, 2.75) is 50.1 Å². The Morgan fingerprint density at radius 2 is 2.05 bits per heavy atom. The van der Waals surface area contributed by atoms with Crippen molar-refractivity contribution in [1.29, 1.82) is 0 Å². The van der Waals surface area contributed by atoms with E-state index in [-0.39, 0.29) is 36.8 Å². The highest BCUT2D eigenvalue weighted by Gasteiger charge is 2.33. The Morgan fingerprint density at radius 3 is 2.79 bits per heavy atom. The van der Waals surface area contributed by atoms with Crippen LogP contribution >= 0.6 is 0 Å². The predicted molar refractivity (Wildman–Crippen MR) is 162 cm³/mol. The lowest BCUT2D eigenvalue weighted by molar-refractivity contribution is 0.00732. The first kappa shape index (κ1) is 27.5. The Kier molecular flexibility index (Phi) is 7.29. The van der Waals surface area contributed by atoms with Crippen molar-refractivity contribution in [2.75, 3.05) is 32.3 Å². The maximum Gasteiger partial charge on any atom is 0.257 e. The number of carbonyl (C=O) groups is 1. The highest BCUT2D eigenvalue weighted by Crippen LogP contribution is 2.36. The van der Waals surface area contributed by atoms with E-state index < -0.39 is 0 Å². The van der Waals surface area contributed by atoms with Gasteiger partial charge in [-0.15, -0.1) is 0 Å². The van der Waals surface area contributed by atoms with E-state index >= 15 is 0 Å². The summed E-state index contributed by atoms with van der Waals surface area (Å²) in [7, 11) is 3.69. The van der Waals surface area contributed by atoms with E-state index in [4.69, 9.17) is 19.4 Å². The van der Waals surface area contributed by atoms with Crippen LogP contribution in [0.4, 0.5) is 5.82 Å². The van der Waals surface area contributed by atoms with Crippen LogP contribution in [0.15, 0.2) is 67.1 Å². The molecule has 4 atom stereocenters. The van der Waals surface area contributed by atoms with E-state index in [1.54, 1.807) is 24.0 Å². The molecule has 0 spiro atoms. The average molecular weight is 582 g/mol. The van der Waals surface area contributed by atoms with Crippen LogP contribution in [-0.2, 0) is 16.0 Å². The topological polar surface area (TPSA) is 119 Å². The first-order valence-electron chi connectivity index (χ1n) is 14.7. The number of amides is 1. The highest BCUT2D eigenvalue weighted by molar-refractivity contribution is 6.01. The Labute approximate surface area is 249 Å². The van der Waals surface area contributed by atoms with Gasteiger partial charge in [-0.1, -0.05) is 30.3 Å². The Hall–Kier alpha value is -4.32. The van der Waals surface area contributed by atoms with Gasteiger partial charge in [0.1, 0.15) is 17.0 Å². The van der Waals surface area contributed by atoms with Crippen molar-refractivity contribution < 1.29 is 19.4 Å². The summed E-state index contributed by atoms with van der Waals surface area (Å²) in [4.78, 5) is 25.4. The lowest BCUT2D eigenvalue weighted by atomic mass is 9.89. The van der Waals surface area contributed by atoms with E-state index in [0.717, 1.165) is 40.8 Å². The summed E-state index contributed by atoms with van der Waals surface area (Å²) in [5.74, 6) is 0.584. The van der Waals surface area contributed by atoms with E-state index in [1.807, 2.05) is 43.4 Å². The zero-order valence-electron chi connectivity index (χ0n) is 24.3. The molecule has 0 radical (unpaired) electrons. The minimum atomic E-state index is -0.217. The van der Waals surface area contributed by atoms with Crippen LogP contribution < -0.4 is 10.2 Å². The number of anilines is 1. The van der Waals surface area contributed by atoms with Crippen LogP contribution in [0.2, 0.25) is 0 Å². The van der Waals surface area contributed by atoms with Gasteiger partial charge < -0.3 is 29.4 Å². The molecule has 1 aliphatic heterocycles. The van der Waals surface area contributed by atoms with Gasteiger partial charge in [-0.05, 0) is 37.0 Å². The number of hydrogen-bond acceptors (Lipinski definition) is 8. The number of aliphatic hydroxyl groups excluding tert-OH is 1. The van der Waals surface area contributed by atoms with Crippen LogP contribution in [0.3, 0.4) is 0 Å². The first-order valence-corrected chi connectivity index (χ1v) is 14.7. The molecule has 5 heterocycles. The Morgan fingerprint density at radius 1 is 1.19 bits per heavy atom. The number of aliphatic hydroxyl groups is 1. The van der Waals surface area contributed by atoms with E-state index in [2.05, 4.69) is 38.2 Å². The second kappa shape index (κ2) is 11.4. The highest BCUT2D eigenvalue weighted by atomic mass is 16.5.